The second-order valence-corrected chi connectivity index (χ2v) is 6.06. The number of sulfonamides is 1. The van der Waals surface area contributed by atoms with Gasteiger partial charge in [-0.15, -0.1) is 0 Å². The summed E-state index contributed by atoms with van der Waals surface area (Å²) in [4.78, 5) is 0. The molecule has 0 aliphatic carbocycles. The van der Waals surface area contributed by atoms with E-state index in [4.69, 9.17) is 5.26 Å². The molecule has 4 nitrogen and oxygen atoms in total. The number of nitrogens with one attached hydrogen (secondary N) is 1. The minimum atomic E-state index is -3.41. The average molecular weight is 252 g/mol. The molecule has 0 fully saturated rings. The van der Waals surface area contributed by atoms with Gasteiger partial charge in [-0.3, -0.25) is 0 Å². The van der Waals surface area contributed by atoms with Crippen molar-refractivity contribution in [2.24, 2.45) is 5.92 Å². The summed E-state index contributed by atoms with van der Waals surface area (Å²) in [6.45, 7) is 3.65. The zero-order valence-electron chi connectivity index (χ0n) is 9.92. The van der Waals surface area contributed by atoms with Gasteiger partial charge in [0.15, 0.2) is 0 Å². The Morgan fingerprint density at radius 3 is 2.35 bits per heavy atom. The fraction of sp³-hybridized carbons (Fsp3) is 0.417. The van der Waals surface area contributed by atoms with E-state index in [1.165, 1.54) is 0 Å². The third-order valence-electron chi connectivity index (χ3n) is 2.11. The van der Waals surface area contributed by atoms with Crippen LogP contribution in [0.15, 0.2) is 30.3 Å². The van der Waals surface area contributed by atoms with Gasteiger partial charge in [0.05, 0.1) is 11.8 Å². The number of rotatable bonds is 5. The molecule has 0 spiro atoms. The third kappa shape index (κ3) is 4.55. The van der Waals surface area contributed by atoms with Gasteiger partial charge in [0.2, 0.25) is 10.0 Å². The maximum Gasteiger partial charge on any atom is 0.213 e. The number of benzene rings is 1. The van der Waals surface area contributed by atoms with Gasteiger partial charge < -0.3 is 0 Å². The van der Waals surface area contributed by atoms with E-state index in [9.17, 15) is 8.42 Å². The zero-order chi connectivity index (χ0) is 12.9. The Morgan fingerprint density at radius 1 is 1.29 bits per heavy atom. The molecule has 0 bridgehead atoms. The first-order valence-electron chi connectivity index (χ1n) is 5.39. The normalized spacial score (nSPS) is 13.3. The summed E-state index contributed by atoms with van der Waals surface area (Å²) in [5.41, 5.74) is 0.655. The molecule has 0 saturated heterocycles. The van der Waals surface area contributed by atoms with Crippen LogP contribution in [0, 0.1) is 17.2 Å². The van der Waals surface area contributed by atoms with Gasteiger partial charge in [-0.05, 0) is 11.5 Å². The molecule has 0 amide bonds. The van der Waals surface area contributed by atoms with Crippen LogP contribution in [-0.2, 0) is 10.0 Å². The van der Waals surface area contributed by atoms with E-state index in [2.05, 4.69) is 4.72 Å². The molecule has 0 saturated carbocycles. The summed E-state index contributed by atoms with van der Waals surface area (Å²) in [6, 6.07) is 9.96. The largest absolute Gasteiger partial charge is 0.213 e. The molecule has 1 rings (SSSR count). The van der Waals surface area contributed by atoms with E-state index >= 15 is 0 Å². The maximum absolute atomic E-state index is 11.7. The van der Waals surface area contributed by atoms with Crippen molar-refractivity contribution in [3.05, 3.63) is 35.9 Å². The first-order valence-corrected chi connectivity index (χ1v) is 7.04. The SMILES string of the molecule is CC(C)CS(=O)(=O)NC(C#N)c1ccccc1. The Morgan fingerprint density at radius 2 is 1.88 bits per heavy atom. The van der Waals surface area contributed by atoms with E-state index in [1.54, 1.807) is 24.3 Å². The fourth-order valence-corrected chi connectivity index (χ4v) is 3.00. The molecule has 1 aromatic carbocycles. The van der Waals surface area contributed by atoms with Crippen molar-refractivity contribution in [3.63, 3.8) is 0 Å². The molecule has 0 aliphatic rings. The van der Waals surface area contributed by atoms with Crippen LogP contribution >= 0.6 is 0 Å². The van der Waals surface area contributed by atoms with Gasteiger partial charge in [0.1, 0.15) is 6.04 Å². The molecular weight excluding hydrogens is 236 g/mol. The number of nitriles is 1. The van der Waals surface area contributed by atoms with Crippen LogP contribution in [0.5, 0.6) is 0 Å². The fourth-order valence-electron chi connectivity index (χ4n) is 1.48. The first kappa shape index (κ1) is 13.7. The second kappa shape index (κ2) is 5.80. The standard InChI is InChI=1S/C12H16N2O2S/c1-10(2)9-17(15,16)14-12(8-13)11-6-4-3-5-7-11/h3-7,10,12,14H,9H2,1-2H3. The highest BCUT2D eigenvalue weighted by molar-refractivity contribution is 7.89. The summed E-state index contributed by atoms with van der Waals surface area (Å²) in [5.74, 6) is 0.0560. The lowest BCUT2D eigenvalue weighted by molar-refractivity contribution is 0.562. The van der Waals surface area contributed by atoms with Crippen LogP contribution in [0.2, 0.25) is 0 Å². The van der Waals surface area contributed by atoms with Crippen molar-refractivity contribution >= 4 is 10.0 Å². The monoisotopic (exact) mass is 252 g/mol. The lowest BCUT2D eigenvalue weighted by atomic mass is 10.1. The predicted octanol–water partition coefficient (Wildman–Crippen LogP) is 1.83. The molecule has 0 aromatic heterocycles. The predicted molar refractivity (Wildman–Crippen MR) is 66.6 cm³/mol. The lowest BCUT2D eigenvalue weighted by Gasteiger charge is -2.13. The van der Waals surface area contributed by atoms with Crippen molar-refractivity contribution in [1.29, 1.82) is 5.26 Å². The van der Waals surface area contributed by atoms with Gasteiger partial charge in [0.25, 0.3) is 0 Å². The van der Waals surface area contributed by atoms with Crippen LogP contribution in [0.3, 0.4) is 0 Å². The second-order valence-electron chi connectivity index (χ2n) is 4.27. The molecule has 5 heteroatoms. The van der Waals surface area contributed by atoms with Gasteiger partial charge in [0, 0.05) is 0 Å². The summed E-state index contributed by atoms with van der Waals surface area (Å²) in [6.07, 6.45) is 0. The van der Waals surface area contributed by atoms with Crippen molar-refractivity contribution in [1.82, 2.24) is 4.72 Å². The topological polar surface area (TPSA) is 70.0 Å². The first-order chi connectivity index (χ1) is 7.94. The Balaban J connectivity index is 2.83. The van der Waals surface area contributed by atoms with E-state index in [1.807, 2.05) is 26.0 Å². The van der Waals surface area contributed by atoms with Gasteiger partial charge in [-0.2, -0.15) is 9.98 Å². The van der Waals surface area contributed by atoms with Crippen LogP contribution in [0.25, 0.3) is 0 Å². The smallest absolute Gasteiger partial charge is 0.212 e. The minimum Gasteiger partial charge on any atom is -0.212 e. The molecule has 92 valence electrons. The van der Waals surface area contributed by atoms with Crippen molar-refractivity contribution in [2.45, 2.75) is 19.9 Å². The molecule has 1 N–H and O–H groups in total. The lowest BCUT2D eigenvalue weighted by Crippen LogP contribution is -2.31. The molecule has 1 atom stereocenters. The molecular formula is C12H16N2O2S. The molecule has 1 aromatic rings. The molecule has 0 aliphatic heterocycles. The number of nitrogens with zero attached hydrogens (tertiary/aromatic N) is 1. The summed E-state index contributed by atoms with van der Waals surface area (Å²) < 4.78 is 25.8. The quantitative estimate of drug-likeness (QED) is 0.869. The van der Waals surface area contributed by atoms with E-state index in [0.717, 1.165) is 0 Å². The van der Waals surface area contributed by atoms with Gasteiger partial charge in [-0.25, -0.2) is 8.42 Å². The summed E-state index contributed by atoms with van der Waals surface area (Å²) >= 11 is 0. The van der Waals surface area contributed by atoms with E-state index in [0.29, 0.717) is 5.56 Å². The Bertz CT molecular complexity index is 489. The Kier molecular flexibility index (Phi) is 4.67. The Hall–Kier alpha value is -1.38. The summed E-state index contributed by atoms with van der Waals surface area (Å²) in [5, 5.41) is 9.00. The van der Waals surface area contributed by atoms with Crippen molar-refractivity contribution in [2.75, 3.05) is 5.75 Å². The Labute approximate surface area is 102 Å². The highest BCUT2D eigenvalue weighted by Crippen LogP contribution is 2.13. The third-order valence-corrected chi connectivity index (χ3v) is 3.81. The maximum atomic E-state index is 11.7. The zero-order valence-corrected chi connectivity index (χ0v) is 10.7. The molecule has 0 radical (unpaired) electrons. The van der Waals surface area contributed by atoms with Crippen molar-refractivity contribution < 1.29 is 8.42 Å². The summed E-state index contributed by atoms with van der Waals surface area (Å²) in [7, 11) is -3.41. The van der Waals surface area contributed by atoms with Crippen LogP contribution in [-0.4, -0.2) is 14.2 Å². The molecule has 0 heterocycles. The van der Waals surface area contributed by atoms with Crippen LogP contribution in [0.1, 0.15) is 25.5 Å². The highest BCUT2D eigenvalue weighted by atomic mass is 32.2. The number of hydrogen-bond donors (Lipinski definition) is 1. The highest BCUT2D eigenvalue weighted by Gasteiger charge is 2.19. The number of hydrogen-bond acceptors (Lipinski definition) is 3. The minimum absolute atomic E-state index is 0.0258. The van der Waals surface area contributed by atoms with Crippen molar-refractivity contribution in [3.8, 4) is 6.07 Å². The van der Waals surface area contributed by atoms with E-state index in [-0.39, 0.29) is 11.7 Å². The average Bonchev–Trinajstić information content (AvgIpc) is 2.25. The van der Waals surface area contributed by atoms with Crippen LogP contribution < -0.4 is 4.72 Å². The van der Waals surface area contributed by atoms with Gasteiger partial charge in [-0.1, -0.05) is 44.2 Å². The van der Waals surface area contributed by atoms with E-state index < -0.39 is 16.1 Å². The molecule has 17 heavy (non-hydrogen) atoms. The van der Waals surface area contributed by atoms with Crippen LogP contribution in [0.4, 0.5) is 0 Å². The van der Waals surface area contributed by atoms with Gasteiger partial charge >= 0.3 is 0 Å². The molecule has 1 unspecified atom stereocenters.